The number of amides is 3. The van der Waals surface area contributed by atoms with Crippen LogP contribution in [0.5, 0.6) is 11.5 Å². The number of nitrogens with one attached hydrogen (secondary N) is 2. The number of hydrogen-bond acceptors (Lipinski definition) is 6. The summed E-state index contributed by atoms with van der Waals surface area (Å²) in [5, 5.41) is 15.7. The van der Waals surface area contributed by atoms with Gasteiger partial charge in [-0.1, -0.05) is 80.5 Å². The molecule has 0 aliphatic rings. The van der Waals surface area contributed by atoms with Crippen molar-refractivity contribution in [3.63, 3.8) is 0 Å². The number of carbonyl (C=O) groups is 3. The predicted octanol–water partition coefficient (Wildman–Crippen LogP) is 8.02. The Labute approximate surface area is 286 Å². The molecule has 3 aromatic carbocycles. The molecule has 3 amide bonds. The average molecular weight is 660 g/mol. The zero-order valence-electron chi connectivity index (χ0n) is 29.6. The fraction of sp³-hybridized carbons (Fsp3) is 0.462. The van der Waals surface area contributed by atoms with Crippen LogP contribution in [0.15, 0.2) is 66.7 Å². The molecule has 3 N–H and O–H groups in total. The van der Waals surface area contributed by atoms with Crippen molar-refractivity contribution in [2.24, 2.45) is 0 Å². The quantitative estimate of drug-likeness (QED) is 0.134. The molecule has 2 atom stereocenters. The molecule has 0 aliphatic heterocycles. The van der Waals surface area contributed by atoms with Gasteiger partial charge in [-0.15, -0.1) is 0 Å². The normalized spacial score (nSPS) is 12.5. The van der Waals surface area contributed by atoms with Gasteiger partial charge in [0.1, 0.15) is 29.2 Å². The zero-order chi connectivity index (χ0) is 35.3. The van der Waals surface area contributed by atoms with Gasteiger partial charge < -0.3 is 30.1 Å². The number of phenolic OH excluding ortho intramolecular Hbond substituents is 1. The minimum atomic E-state index is -1.05. The lowest BCUT2D eigenvalue weighted by Crippen LogP contribution is -2.53. The van der Waals surface area contributed by atoms with E-state index < -0.39 is 29.7 Å². The van der Waals surface area contributed by atoms with Crippen LogP contribution in [-0.4, -0.2) is 53.2 Å². The van der Waals surface area contributed by atoms with Crippen LogP contribution < -0.4 is 15.4 Å². The Morgan fingerprint density at radius 1 is 0.854 bits per heavy atom. The van der Waals surface area contributed by atoms with E-state index in [2.05, 4.69) is 17.6 Å². The van der Waals surface area contributed by atoms with Crippen molar-refractivity contribution in [3.8, 4) is 11.5 Å². The number of phenols is 1. The highest BCUT2D eigenvalue weighted by atomic mass is 16.6. The van der Waals surface area contributed by atoms with Gasteiger partial charge in [0, 0.05) is 18.7 Å². The van der Waals surface area contributed by atoms with E-state index in [-0.39, 0.29) is 18.1 Å². The average Bonchev–Trinajstić information content (AvgIpc) is 3.01. The highest BCUT2D eigenvalue weighted by Crippen LogP contribution is 2.28. The van der Waals surface area contributed by atoms with Crippen molar-refractivity contribution >= 4 is 23.6 Å². The molecular formula is C39H53N3O6. The van der Waals surface area contributed by atoms with Crippen LogP contribution in [0.2, 0.25) is 0 Å². The molecule has 9 nitrogen and oxygen atoms in total. The number of benzene rings is 3. The Bertz CT molecular complexity index is 1460. The molecule has 0 aliphatic carbocycles. The zero-order valence-corrected chi connectivity index (χ0v) is 29.6. The highest BCUT2D eigenvalue weighted by Gasteiger charge is 2.36. The second-order valence-electron chi connectivity index (χ2n) is 13.4. The molecule has 9 heteroatoms. The number of hydrogen-bond donors (Lipinski definition) is 3. The number of unbranched alkanes of at least 4 members (excludes halogenated alkanes) is 5. The van der Waals surface area contributed by atoms with Gasteiger partial charge in [-0.2, -0.15) is 0 Å². The van der Waals surface area contributed by atoms with Crippen molar-refractivity contribution in [2.45, 2.75) is 104 Å². The van der Waals surface area contributed by atoms with Crippen LogP contribution >= 0.6 is 0 Å². The van der Waals surface area contributed by atoms with Crippen LogP contribution in [0.25, 0.3) is 0 Å². The fourth-order valence-corrected chi connectivity index (χ4v) is 5.67. The Balaban J connectivity index is 2.08. The maximum atomic E-state index is 14.8. The molecule has 48 heavy (non-hydrogen) atoms. The van der Waals surface area contributed by atoms with Crippen molar-refractivity contribution in [1.29, 1.82) is 0 Å². The van der Waals surface area contributed by atoms with Gasteiger partial charge in [-0.05, 0) is 88.6 Å². The van der Waals surface area contributed by atoms with E-state index in [1.165, 1.54) is 0 Å². The van der Waals surface area contributed by atoms with Crippen LogP contribution in [0, 0.1) is 13.8 Å². The first-order valence-electron chi connectivity index (χ1n) is 16.9. The van der Waals surface area contributed by atoms with E-state index in [9.17, 15) is 19.5 Å². The molecule has 3 aromatic rings. The van der Waals surface area contributed by atoms with Crippen molar-refractivity contribution < 1.29 is 29.0 Å². The van der Waals surface area contributed by atoms with Crippen LogP contribution in [-0.2, 0) is 20.7 Å². The van der Waals surface area contributed by atoms with E-state index in [0.29, 0.717) is 30.0 Å². The summed E-state index contributed by atoms with van der Waals surface area (Å²) in [6.45, 7) is 11.7. The van der Waals surface area contributed by atoms with Gasteiger partial charge in [0.2, 0.25) is 5.91 Å². The molecular weight excluding hydrogens is 606 g/mol. The summed E-state index contributed by atoms with van der Waals surface area (Å²) in [6, 6.07) is 17.4. The van der Waals surface area contributed by atoms with Crippen LogP contribution in [0.3, 0.4) is 0 Å². The number of ether oxygens (including phenoxy) is 2. The molecule has 0 radical (unpaired) electrons. The molecule has 0 heterocycles. The number of nitrogens with zero attached hydrogens (tertiary/aromatic N) is 1. The molecule has 0 saturated heterocycles. The molecule has 260 valence electrons. The number of alkyl carbamates (subject to hydrolysis) is 1. The molecule has 0 aromatic heterocycles. The summed E-state index contributed by atoms with van der Waals surface area (Å²) in [7, 11) is 1.58. The number of anilines is 1. The van der Waals surface area contributed by atoms with Crippen molar-refractivity contribution in [3.05, 3.63) is 89.0 Å². The van der Waals surface area contributed by atoms with Crippen LogP contribution in [0.1, 0.15) is 94.5 Å². The van der Waals surface area contributed by atoms with E-state index in [4.69, 9.17) is 9.47 Å². The summed E-state index contributed by atoms with van der Waals surface area (Å²) < 4.78 is 10.8. The largest absolute Gasteiger partial charge is 0.508 e. The predicted molar refractivity (Wildman–Crippen MR) is 190 cm³/mol. The van der Waals surface area contributed by atoms with Gasteiger partial charge in [0.25, 0.3) is 5.91 Å². The Morgan fingerprint density at radius 2 is 1.46 bits per heavy atom. The molecule has 0 saturated carbocycles. The standard InChI is InChI=1S/C39H53N3O6/c1-8-9-10-11-12-13-22-42(37(45)34(41-38(46)48-39(4,5)6)26-29-14-18-32(43)19-15-29)35(30-24-27(2)23-28(3)25-30)36(44)40-31-16-20-33(47-7)21-17-31/h14-21,23-25,34-35,43H,8-13,22,26H2,1-7H3,(H,40,44)(H,41,46). The first-order chi connectivity index (χ1) is 22.8. The summed E-state index contributed by atoms with van der Waals surface area (Å²) in [5.41, 5.74) is 3.12. The minimum absolute atomic E-state index is 0.0940. The fourth-order valence-electron chi connectivity index (χ4n) is 5.67. The molecule has 3 rings (SSSR count). The second-order valence-corrected chi connectivity index (χ2v) is 13.4. The maximum absolute atomic E-state index is 14.8. The van der Waals surface area contributed by atoms with Gasteiger partial charge >= 0.3 is 6.09 Å². The summed E-state index contributed by atoms with van der Waals surface area (Å²) in [6.07, 6.45) is 5.38. The molecule has 0 fully saturated rings. The smallest absolute Gasteiger partial charge is 0.408 e. The minimum Gasteiger partial charge on any atom is -0.508 e. The first kappa shape index (κ1) is 37.9. The summed E-state index contributed by atoms with van der Waals surface area (Å²) in [5.74, 6) is -0.0257. The Hall–Kier alpha value is -4.53. The Kier molecular flexibility index (Phi) is 14.3. The van der Waals surface area contributed by atoms with E-state index in [1.54, 1.807) is 81.3 Å². The van der Waals surface area contributed by atoms with E-state index in [0.717, 1.165) is 48.8 Å². The van der Waals surface area contributed by atoms with Crippen LogP contribution in [0.4, 0.5) is 10.5 Å². The lowest BCUT2D eigenvalue weighted by atomic mass is 9.97. The van der Waals surface area contributed by atoms with E-state index >= 15 is 0 Å². The van der Waals surface area contributed by atoms with E-state index in [1.807, 2.05) is 32.0 Å². The lowest BCUT2D eigenvalue weighted by molar-refractivity contribution is -0.140. The molecule has 0 bridgehead atoms. The number of aromatic hydroxyl groups is 1. The first-order valence-corrected chi connectivity index (χ1v) is 16.9. The highest BCUT2D eigenvalue weighted by molar-refractivity contribution is 5.99. The molecule has 2 unspecified atom stereocenters. The molecule has 0 spiro atoms. The second kappa shape index (κ2) is 18.1. The van der Waals surface area contributed by atoms with Gasteiger partial charge in [-0.3, -0.25) is 9.59 Å². The monoisotopic (exact) mass is 659 g/mol. The number of methoxy groups -OCH3 is 1. The Morgan fingerprint density at radius 3 is 2.04 bits per heavy atom. The van der Waals surface area contributed by atoms with Gasteiger partial charge in [0.05, 0.1) is 7.11 Å². The van der Waals surface area contributed by atoms with Gasteiger partial charge in [0.15, 0.2) is 0 Å². The lowest BCUT2D eigenvalue weighted by Gasteiger charge is -2.35. The van der Waals surface area contributed by atoms with Crippen molar-refractivity contribution in [2.75, 3.05) is 19.0 Å². The van der Waals surface area contributed by atoms with Crippen molar-refractivity contribution in [1.82, 2.24) is 10.2 Å². The maximum Gasteiger partial charge on any atom is 0.408 e. The summed E-state index contributed by atoms with van der Waals surface area (Å²) >= 11 is 0. The third kappa shape index (κ3) is 12.2. The SMILES string of the molecule is CCCCCCCCN(C(=O)C(Cc1ccc(O)cc1)NC(=O)OC(C)(C)C)C(C(=O)Nc1ccc(OC)cc1)c1cc(C)cc(C)c1. The number of carbonyl (C=O) groups excluding carboxylic acids is 3. The topological polar surface area (TPSA) is 117 Å². The number of aryl methyl sites for hydroxylation is 2. The van der Waals surface area contributed by atoms with Gasteiger partial charge in [-0.25, -0.2) is 4.79 Å². The third-order valence-electron chi connectivity index (χ3n) is 7.88. The summed E-state index contributed by atoms with van der Waals surface area (Å²) in [4.78, 5) is 43.9. The number of rotatable bonds is 16. The third-order valence-corrected chi connectivity index (χ3v) is 7.88.